The number of aromatic hydroxyl groups is 1. The minimum Gasteiger partial charge on any atom is -0.504 e. The van der Waals surface area contributed by atoms with Gasteiger partial charge in [-0.3, -0.25) is 14.5 Å². The molecule has 3 N–H and O–H groups in total. The molecular formula is C44H52N4O10S. The third-order valence-electron chi connectivity index (χ3n) is 14.8. The van der Waals surface area contributed by atoms with Gasteiger partial charge in [0.15, 0.2) is 11.5 Å². The van der Waals surface area contributed by atoms with E-state index in [0.29, 0.717) is 35.3 Å². The van der Waals surface area contributed by atoms with Crippen LogP contribution in [0.3, 0.4) is 0 Å². The molecule has 59 heavy (non-hydrogen) atoms. The number of hydrogen-bond donors (Lipinski definition) is 3. The number of piperidine rings is 1. The Morgan fingerprint density at radius 2 is 1.59 bits per heavy atom. The summed E-state index contributed by atoms with van der Waals surface area (Å²) in [6.45, 7) is 6.21. The summed E-state index contributed by atoms with van der Waals surface area (Å²) >= 11 is 0. The fourth-order valence-electron chi connectivity index (χ4n) is 11.9. The second-order valence-electron chi connectivity index (χ2n) is 17.7. The van der Waals surface area contributed by atoms with Crippen LogP contribution in [-0.2, 0) is 42.3 Å². The van der Waals surface area contributed by atoms with Gasteiger partial charge in [0.2, 0.25) is 15.9 Å². The van der Waals surface area contributed by atoms with Crippen molar-refractivity contribution in [3.8, 4) is 17.2 Å². The van der Waals surface area contributed by atoms with Crippen LogP contribution < -0.4 is 20.1 Å². The highest BCUT2D eigenvalue weighted by molar-refractivity contribution is 7.90. The molecule has 0 aromatic heterocycles. The average molecular weight is 829 g/mol. The molecule has 2 saturated carbocycles. The van der Waals surface area contributed by atoms with Gasteiger partial charge in [0.25, 0.3) is 5.91 Å². The van der Waals surface area contributed by atoms with E-state index in [9.17, 15) is 23.1 Å². The van der Waals surface area contributed by atoms with E-state index in [1.165, 1.54) is 19.1 Å². The summed E-state index contributed by atoms with van der Waals surface area (Å²) in [5, 5.41) is 18.6. The van der Waals surface area contributed by atoms with Gasteiger partial charge in [0.1, 0.15) is 18.4 Å². The van der Waals surface area contributed by atoms with Crippen LogP contribution in [-0.4, -0.2) is 91.4 Å². The van der Waals surface area contributed by atoms with Crippen LogP contribution in [0.4, 0.5) is 4.79 Å². The molecule has 9 atom stereocenters. The fourth-order valence-corrected chi connectivity index (χ4v) is 14.5. The van der Waals surface area contributed by atoms with Gasteiger partial charge in [-0.25, -0.2) is 17.5 Å². The summed E-state index contributed by atoms with van der Waals surface area (Å²) in [7, 11) is -1.11. The number of likely N-dealkylation sites (tertiary alicyclic amines) is 1. The molecule has 1 spiro atoms. The normalized spacial score (nSPS) is 31.8. The van der Waals surface area contributed by atoms with E-state index in [0.717, 1.165) is 21.9 Å². The lowest BCUT2D eigenvalue weighted by Crippen LogP contribution is -2.67. The minimum atomic E-state index is -4.06. The molecule has 9 rings (SSSR count). The Kier molecular flexibility index (Phi) is 9.67. The first-order valence-electron chi connectivity index (χ1n) is 20.4. The molecule has 314 valence electrons. The Labute approximate surface area is 344 Å². The molecule has 2 bridgehead atoms. The van der Waals surface area contributed by atoms with Crippen molar-refractivity contribution in [3.63, 3.8) is 0 Å². The van der Waals surface area contributed by atoms with Gasteiger partial charge in [-0.15, -0.1) is 0 Å². The molecule has 3 saturated heterocycles. The highest BCUT2D eigenvalue weighted by atomic mass is 32.2. The second kappa shape index (κ2) is 14.4. The number of phenolic OH excluding ortho intramolecular Hbond substituents is 1. The van der Waals surface area contributed by atoms with E-state index < -0.39 is 75.5 Å². The van der Waals surface area contributed by atoms with Gasteiger partial charge in [-0.2, -0.15) is 0 Å². The van der Waals surface area contributed by atoms with Crippen LogP contribution >= 0.6 is 0 Å². The van der Waals surface area contributed by atoms with Crippen molar-refractivity contribution >= 4 is 27.9 Å². The van der Waals surface area contributed by atoms with Crippen LogP contribution in [0.2, 0.25) is 0 Å². The number of hydrogen-bond acceptors (Lipinski definition) is 11. The SMILES string of the molecule is COc1c(C)c(OC)c2c(c1O)[C@H](COCc1ccccc1)N[C@@H]1[C@H]3[C@H](C[C@@H](C(=O)N4[C@@H]5C[C@H]6CC[C@]5(CS4(=O)=O)C6(C)C)N3C(=O)OCc3ccccc3)C(=O)N[C@H]21. The third kappa shape index (κ3) is 5.93. The van der Waals surface area contributed by atoms with E-state index in [1.807, 2.05) is 60.7 Å². The molecule has 3 aromatic carbocycles. The average Bonchev–Trinajstić information content (AvgIpc) is 3.88. The standard InChI is InChI=1S/C44H52N4O10S/c1-24-38(55-4)33-32(37(49)39(24)56-5)29(22-57-20-25-12-8-6-9-13-25)45-35-34(33)46-40(50)28-19-30(47(36(28)35)42(52)58-21-26-14-10-7-11-15-26)41(51)48-31-18-27-16-17-44(31,43(27,2)3)23-59(48,53)54/h6-15,27-31,34-36,45,49H,16-23H2,1-5H3,(H,46,50)/t27-,28+,29+,30+,31-,34-,35+,36-,44-/m1/s1. The zero-order valence-corrected chi connectivity index (χ0v) is 34.8. The number of sulfonamides is 1. The Hall–Kier alpha value is -4.86. The predicted octanol–water partition coefficient (Wildman–Crippen LogP) is 4.88. The Morgan fingerprint density at radius 1 is 0.932 bits per heavy atom. The van der Waals surface area contributed by atoms with Crippen molar-refractivity contribution in [1.29, 1.82) is 0 Å². The number of amides is 3. The second-order valence-corrected chi connectivity index (χ2v) is 19.5. The Balaban J connectivity index is 1.13. The van der Waals surface area contributed by atoms with Crippen LogP contribution in [0.15, 0.2) is 60.7 Å². The zero-order valence-electron chi connectivity index (χ0n) is 34.0. The Morgan fingerprint density at radius 3 is 2.24 bits per heavy atom. The highest BCUT2D eigenvalue weighted by Crippen LogP contribution is 2.70. The minimum absolute atomic E-state index is 0.0624. The number of methoxy groups -OCH3 is 2. The van der Waals surface area contributed by atoms with Crippen LogP contribution in [0.1, 0.15) is 79.4 Å². The molecule has 3 amide bonds. The first kappa shape index (κ1) is 39.6. The van der Waals surface area contributed by atoms with Crippen LogP contribution in [0.5, 0.6) is 17.2 Å². The molecule has 3 aromatic rings. The van der Waals surface area contributed by atoms with Crippen molar-refractivity contribution in [1.82, 2.24) is 19.8 Å². The molecular weight excluding hydrogens is 777 g/mol. The molecule has 4 heterocycles. The van der Waals surface area contributed by atoms with Gasteiger partial charge in [-0.05, 0) is 55.1 Å². The van der Waals surface area contributed by atoms with E-state index >= 15 is 4.79 Å². The quantitative estimate of drug-likeness (QED) is 0.269. The molecule has 0 unspecified atom stereocenters. The van der Waals surface area contributed by atoms with Crippen molar-refractivity contribution in [2.24, 2.45) is 22.7 Å². The van der Waals surface area contributed by atoms with E-state index in [2.05, 4.69) is 24.5 Å². The number of nitrogens with one attached hydrogen (secondary N) is 2. The largest absolute Gasteiger partial charge is 0.504 e. The number of carbonyl (C=O) groups excluding carboxylic acids is 3. The lowest BCUT2D eigenvalue weighted by molar-refractivity contribution is -0.134. The van der Waals surface area contributed by atoms with Gasteiger partial charge in [0, 0.05) is 22.1 Å². The lowest BCUT2D eigenvalue weighted by Gasteiger charge is -2.49. The number of fused-ring (bicyclic) bond motifs is 6. The maximum atomic E-state index is 15.1. The van der Waals surface area contributed by atoms with Crippen molar-refractivity contribution in [2.75, 3.05) is 26.6 Å². The van der Waals surface area contributed by atoms with Gasteiger partial charge >= 0.3 is 6.09 Å². The number of ether oxygens (including phenoxy) is 4. The Bertz CT molecular complexity index is 2290. The third-order valence-corrected chi connectivity index (χ3v) is 16.7. The van der Waals surface area contributed by atoms with Crippen LogP contribution in [0, 0.1) is 29.6 Å². The van der Waals surface area contributed by atoms with Crippen LogP contribution in [0.25, 0.3) is 0 Å². The van der Waals surface area contributed by atoms with E-state index in [1.54, 1.807) is 6.92 Å². The maximum Gasteiger partial charge on any atom is 0.411 e. The monoisotopic (exact) mass is 828 g/mol. The fraction of sp³-hybridized carbons (Fsp3) is 0.523. The summed E-state index contributed by atoms with van der Waals surface area (Å²) in [5.41, 5.74) is 2.20. The molecule has 2 aliphatic carbocycles. The maximum absolute atomic E-state index is 15.1. The number of carbonyl (C=O) groups is 3. The summed E-state index contributed by atoms with van der Waals surface area (Å²) in [6, 6.07) is 13.6. The lowest BCUT2D eigenvalue weighted by atomic mass is 9.69. The van der Waals surface area contributed by atoms with Gasteiger partial charge in [0.05, 0.1) is 69.3 Å². The van der Waals surface area contributed by atoms with E-state index in [-0.39, 0.29) is 54.8 Å². The van der Waals surface area contributed by atoms with E-state index in [4.69, 9.17) is 18.9 Å². The summed E-state index contributed by atoms with van der Waals surface area (Å²) in [4.78, 5) is 45.6. The molecule has 15 heteroatoms. The molecule has 6 aliphatic rings. The summed E-state index contributed by atoms with van der Waals surface area (Å²) < 4.78 is 53.4. The van der Waals surface area contributed by atoms with Crippen molar-refractivity contribution in [2.45, 2.75) is 95.9 Å². The van der Waals surface area contributed by atoms with Gasteiger partial charge < -0.3 is 34.7 Å². The zero-order chi connectivity index (χ0) is 41.6. The first-order valence-corrected chi connectivity index (χ1v) is 22.0. The first-order chi connectivity index (χ1) is 28.2. The smallest absolute Gasteiger partial charge is 0.411 e. The number of nitrogens with zero attached hydrogens (tertiary/aromatic N) is 2. The number of phenols is 1. The van der Waals surface area contributed by atoms with Crippen molar-refractivity contribution in [3.05, 3.63) is 88.5 Å². The summed E-state index contributed by atoms with van der Waals surface area (Å²) in [6.07, 6.45) is 1.24. The number of benzene rings is 3. The summed E-state index contributed by atoms with van der Waals surface area (Å²) in [5.74, 6) is -1.45. The molecule has 4 aliphatic heterocycles. The molecule has 0 radical (unpaired) electrons. The molecule has 5 fully saturated rings. The topological polar surface area (TPSA) is 173 Å². The molecule has 14 nitrogen and oxygen atoms in total. The number of rotatable bonds is 9. The predicted molar refractivity (Wildman–Crippen MR) is 215 cm³/mol. The highest BCUT2D eigenvalue weighted by Gasteiger charge is 2.73. The van der Waals surface area contributed by atoms with Crippen molar-refractivity contribution < 1.29 is 46.9 Å². The van der Waals surface area contributed by atoms with Gasteiger partial charge in [-0.1, -0.05) is 74.5 Å².